The largest absolute Gasteiger partial charge is 0.289 e. The van der Waals surface area contributed by atoms with Gasteiger partial charge in [0.25, 0.3) is 16.1 Å². The number of rotatable bonds is 6. The third kappa shape index (κ3) is 4.96. The standard InChI is InChI=1S/C19H26FN3O4S/c20-17-8-6-14(7-9-17)15-10-12-23(13-11-15)28(26,27)22-18(19(24)21-25)16-4-2-1-3-5-16/h6-10,16,18,22,25H,1-5,11-13H2,(H,21,24). The third-order valence-corrected chi connectivity index (χ3v) is 7.08. The van der Waals surface area contributed by atoms with Crippen LogP contribution in [0.3, 0.4) is 0 Å². The smallest absolute Gasteiger partial charge is 0.280 e. The maximum Gasteiger partial charge on any atom is 0.280 e. The number of amides is 1. The van der Waals surface area contributed by atoms with Crippen molar-refractivity contribution in [1.82, 2.24) is 14.5 Å². The molecule has 7 nitrogen and oxygen atoms in total. The molecule has 1 unspecified atom stereocenters. The minimum atomic E-state index is -3.89. The Kier molecular flexibility index (Phi) is 6.82. The van der Waals surface area contributed by atoms with Crippen LogP contribution in [-0.2, 0) is 15.0 Å². The third-order valence-electron chi connectivity index (χ3n) is 5.52. The average Bonchev–Trinajstić information content (AvgIpc) is 2.73. The van der Waals surface area contributed by atoms with E-state index in [1.807, 2.05) is 0 Å². The summed E-state index contributed by atoms with van der Waals surface area (Å²) in [5, 5.41) is 9.04. The van der Waals surface area contributed by atoms with Crippen LogP contribution in [-0.4, -0.2) is 43.0 Å². The lowest BCUT2D eigenvalue weighted by molar-refractivity contribution is -0.132. The van der Waals surface area contributed by atoms with Crippen LogP contribution < -0.4 is 10.2 Å². The molecule has 0 spiro atoms. The first-order valence-electron chi connectivity index (χ1n) is 9.57. The van der Waals surface area contributed by atoms with E-state index in [1.54, 1.807) is 23.7 Å². The summed E-state index contributed by atoms with van der Waals surface area (Å²) < 4.78 is 42.5. The van der Waals surface area contributed by atoms with E-state index < -0.39 is 22.2 Å². The number of benzene rings is 1. The number of nitrogens with one attached hydrogen (secondary N) is 2. The molecule has 3 rings (SSSR count). The molecule has 1 saturated carbocycles. The lowest BCUT2D eigenvalue weighted by Gasteiger charge is -2.32. The molecule has 1 aromatic rings. The SMILES string of the molecule is O=C(NO)C(NS(=O)(=O)N1CC=C(c2ccc(F)cc2)CC1)C1CCCCC1. The Bertz CT molecular complexity index is 820. The lowest BCUT2D eigenvalue weighted by atomic mass is 9.84. The fourth-order valence-corrected chi connectivity index (χ4v) is 5.30. The van der Waals surface area contributed by atoms with Gasteiger partial charge in [0, 0.05) is 13.1 Å². The summed E-state index contributed by atoms with van der Waals surface area (Å²) in [5.74, 6) is -1.18. The van der Waals surface area contributed by atoms with Gasteiger partial charge in [0.1, 0.15) is 11.9 Å². The highest BCUT2D eigenvalue weighted by Crippen LogP contribution is 2.28. The van der Waals surface area contributed by atoms with Crippen molar-refractivity contribution in [3.8, 4) is 0 Å². The van der Waals surface area contributed by atoms with Gasteiger partial charge in [0.15, 0.2) is 0 Å². The molecule has 28 heavy (non-hydrogen) atoms. The maximum absolute atomic E-state index is 13.1. The monoisotopic (exact) mass is 411 g/mol. The topological polar surface area (TPSA) is 98.7 Å². The van der Waals surface area contributed by atoms with Crippen LogP contribution in [0, 0.1) is 11.7 Å². The number of carbonyl (C=O) groups is 1. The van der Waals surface area contributed by atoms with Gasteiger partial charge in [0.2, 0.25) is 0 Å². The highest BCUT2D eigenvalue weighted by molar-refractivity contribution is 7.87. The second kappa shape index (κ2) is 9.13. The molecular formula is C19H26FN3O4S. The van der Waals surface area contributed by atoms with Gasteiger partial charge in [-0.05, 0) is 48.4 Å². The van der Waals surface area contributed by atoms with Crippen LogP contribution in [0.4, 0.5) is 4.39 Å². The first-order valence-corrected chi connectivity index (χ1v) is 11.0. The summed E-state index contributed by atoms with van der Waals surface area (Å²) in [5.41, 5.74) is 3.42. The molecule has 3 N–H and O–H groups in total. The van der Waals surface area contributed by atoms with Gasteiger partial charge in [-0.25, -0.2) is 9.87 Å². The van der Waals surface area contributed by atoms with E-state index in [-0.39, 0.29) is 24.8 Å². The van der Waals surface area contributed by atoms with E-state index in [0.717, 1.165) is 43.2 Å². The molecular weight excluding hydrogens is 385 g/mol. The maximum atomic E-state index is 13.1. The number of nitrogens with zero attached hydrogens (tertiary/aromatic N) is 1. The number of carbonyl (C=O) groups excluding carboxylic acids is 1. The number of hydroxylamine groups is 1. The van der Waals surface area contributed by atoms with Crippen molar-refractivity contribution in [2.45, 2.75) is 44.6 Å². The summed E-state index contributed by atoms with van der Waals surface area (Å²) in [4.78, 5) is 12.1. The zero-order chi connectivity index (χ0) is 20.1. The molecule has 0 bridgehead atoms. The number of halogens is 1. The Hall–Kier alpha value is -1.81. The van der Waals surface area contributed by atoms with E-state index >= 15 is 0 Å². The minimum absolute atomic E-state index is 0.134. The predicted molar refractivity (Wildman–Crippen MR) is 103 cm³/mol. The minimum Gasteiger partial charge on any atom is -0.289 e. The van der Waals surface area contributed by atoms with Crippen LogP contribution in [0.15, 0.2) is 30.3 Å². The van der Waals surface area contributed by atoms with Crippen LogP contribution in [0.5, 0.6) is 0 Å². The van der Waals surface area contributed by atoms with Crippen molar-refractivity contribution in [3.05, 3.63) is 41.7 Å². The van der Waals surface area contributed by atoms with Crippen molar-refractivity contribution in [2.24, 2.45) is 5.92 Å². The molecule has 0 saturated heterocycles. The summed E-state index contributed by atoms with van der Waals surface area (Å²) in [6, 6.07) is 5.12. The molecule has 0 aromatic heterocycles. The molecule has 1 heterocycles. The van der Waals surface area contributed by atoms with E-state index in [0.29, 0.717) is 6.42 Å². The highest BCUT2D eigenvalue weighted by Gasteiger charge is 2.35. The molecule has 9 heteroatoms. The van der Waals surface area contributed by atoms with Crippen LogP contribution >= 0.6 is 0 Å². The van der Waals surface area contributed by atoms with Gasteiger partial charge in [-0.1, -0.05) is 37.5 Å². The molecule has 1 aliphatic carbocycles. The quantitative estimate of drug-likeness (QED) is 0.494. The van der Waals surface area contributed by atoms with E-state index in [2.05, 4.69) is 4.72 Å². The van der Waals surface area contributed by atoms with Crippen molar-refractivity contribution in [3.63, 3.8) is 0 Å². The van der Waals surface area contributed by atoms with Gasteiger partial charge in [-0.2, -0.15) is 17.4 Å². The van der Waals surface area contributed by atoms with Gasteiger partial charge < -0.3 is 0 Å². The van der Waals surface area contributed by atoms with Gasteiger partial charge in [-0.3, -0.25) is 10.0 Å². The van der Waals surface area contributed by atoms with Crippen molar-refractivity contribution in [1.29, 1.82) is 0 Å². The molecule has 1 aliphatic heterocycles. The van der Waals surface area contributed by atoms with Crippen LogP contribution in [0.2, 0.25) is 0 Å². The van der Waals surface area contributed by atoms with E-state index in [1.165, 1.54) is 16.4 Å². The normalized spacial score (nSPS) is 20.4. The summed E-state index contributed by atoms with van der Waals surface area (Å²) >= 11 is 0. The Balaban J connectivity index is 1.69. The first-order chi connectivity index (χ1) is 13.4. The highest BCUT2D eigenvalue weighted by atomic mass is 32.2. The zero-order valence-electron chi connectivity index (χ0n) is 15.6. The Morgan fingerprint density at radius 2 is 1.86 bits per heavy atom. The summed E-state index contributed by atoms with van der Waals surface area (Å²) in [7, 11) is -3.89. The molecule has 1 atom stereocenters. The second-order valence-corrected chi connectivity index (χ2v) is 9.02. The second-order valence-electron chi connectivity index (χ2n) is 7.32. The molecule has 0 radical (unpaired) electrons. The summed E-state index contributed by atoms with van der Waals surface area (Å²) in [6.07, 6.45) is 6.74. The Morgan fingerprint density at radius 3 is 2.43 bits per heavy atom. The Labute approximate surface area is 164 Å². The zero-order valence-corrected chi connectivity index (χ0v) is 16.4. The van der Waals surface area contributed by atoms with Crippen molar-refractivity contribution in [2.75, 3.05) is 13.1 Å². The molecule has 2 aliphatic rings. The van der Waals surface area contributed by atoms with E-state index in [9.17, 15) is 17.6 Å². The first kappa shape index (κ1) is 20.9. The number of hydrogen-bond donors (Lipinski definition) is 3. The fraction of sp³-hybridized carbons (Fsp3) is 0.526. The molecule has 1 fully saturated rings. The van der Waals surface area contributed by atoms with Gasteiger partial charge >= 0.3 is 0 Å². The Morgan fingerprint density at radius 1 is 1.18 bits per heavy atom. The van der Waals surface area contributed by atoms with Crippen molar-refractivity contribution >= 4 is 21.7 Å². The van der Waals surface area contributed by atoms with Gasteiger partial charge in [0.05, 0.1) is 0 Å². The van der Waals surface area contributed by atoms with Crippen molar-refractivity contribution < 1.29 is 22.8 Å². The molecule has 1 amide bonds. The fourth-order valence-electron chi connectivity index (χ4n) is 3.93. The van der Waals surface area contributed by atoms with Gasteiger partial charge in [-0.15, -0.1) is 0 Å². The molecule has 1 aromatic carbocycles. The molecule has 154 valence electrons. The number of hydrogen-bond acceptors (Lipinski definition) is 4. The van der Waals surface area contributed by atoms with E-state index in [4.69, 9.17) is 5.21 Å². The summed E-state index contributed by atoms with van der Waals surface area (Å²) in [6.45, 7) is 0.427. The van der Waals surface area contributed by atoms with Crippen LogP contribution in [0.25, 0.3) is 5.57 Å². The lowest BCUT2D eigenvalue weighted by Crippen LogP contribution is -2.54. The predicted octanol–water partition coefficient (Wildman–Crippen LogP) is 2.20. The average molecular weight is 411 g/mol. The van der Waals surface area contributed by atoms with Crippen LogP contribution in [0.1, 0.15) is 44.1 Å².